The van der Waals surface area contributed by atoms with Crippen LogP contribution in [0.25, 0.3) is 0 Å². The summed E-state index contributed by atoms with van der Waals surface area (Å²) in [5.74, 6) is 1.26. The second kappa shape index (κ2) is 5.82. The van der Waals surface area contributed by atoms with Crippen LogP contribution < -0.4 is 15.1 Å². The summed E-state index contributed by atoms with van der Waals surface area (Å²) in [5.41, 5.74) is 1.00. The Morgan fingerprint density at radius 2 is 2.19 bits per heavy atom. The van der Waals surface area contributed by atoms with Crippen molar-refractivity contribution in [3.8, 4) is 0 Å². The number of aromatic nitrogens is 2. The Morgan fingerprint density at radius 3 is 2.95 bits per heavy atom. The fourth-order valence-electron chi connectivity index (χ4n) is 1.97. The summed E-state index contributed by atoms with van der Waals surface area (Å²) in [4.78, 5) is 16.5. The number of rotatable bonds is 2. The molecule has 0 fully saturated rings. The van der Waals surface area contributed by atoms with Gasteiger partial charge in [0, 0.05) is 18.4 Å². The molecule has 21 heavy (non-hydrogen) atoms. The number of thioether (sulfide) groups is 1. The molecule has 2 amide bonds. The monoisotopic (exact) mass is 319 g/mol. The third-order valence-corrected chi connectivity index (χ3v) is 4.35. The Bertz CT molecular complexity index is 731. The number of carbonyl (C=O) groups excluding carboxylic acids is 1. The Labute approximate surface area is 131 Å². The fourth-order valence-corrected chi connectivity index (χ4v) is 3.12. The Kier molecular flexibility index (Phi) is 3.89. The van der Waals surface area contributed by atoms with Crippen LogP contribution in [0.15, 0.2) is 41.6 Å². The van der Waals surface area contributed by atoms with Gasteiger partial charge in [-0.1, -0.05) is 42.8 Å². The predicted octanol–water partition coefficient (Wildman–Crippen LogP) is 2.35. The van der Waals surface area contributed by atoms with Crippen LogP contribution in [-0.2, 0) is 6.54 Å². The number of nitrogens with one attached hydrogen (secondary N) is 2. The minimum absolute atomic E-state index is 0.339. The van der Waals surface area contributed by atoms with E-state index < -0.39 is 6.03 Å². The van der Waals surface area contributed by atoms with Gasteiger partial charge in [0.05, 0.1) is 5.69 Å². The number of nitrogens with zero attached hydrogens (tertiary/aromatic N) is 3. The lowest BCUT2D eigenvalue weighted by Crippen LogP contribution is -2.29. The molecule has 0 unspecified atom stereocenters. The highest BCUT2D eigenvalue weighted by Crippen LogP contribution is 2.22. The molecule has 1 aromatic carbocycles. The van der Waals surface area contributed by atoms with E-state index in [2.05, 4.69) is 23.1 Å². The van der Waals surface area contributed by atoms with Crippen molar-refractivity contribution in [1.29, 1.82) is 5.41 Å². The number of carbonyl (C=O) groups is 1. The molecule has 8 heteroatoms. The van der Waals surface area contributed by atoms with Gasteiger partial charge in [0.1, 0.15) is 11.3 Å². The number of urea groups is 1. The first-order valence-corrected chi connectivity index (χ1v) is 7.68. The van der Waals surface area contributed by atoms with E-state index in [1.165, 1.54) is 4.31 Å². The third kappa shape index (κ3) is 2.91. The molecule has 2 heterocycles. The van der Waals surface area contributed by atoms with Crippen molar-refractivity contribution in [1.82, 2.24) is 9.55 Å². The summed E-state index contributed by atoms with van der Waals surface area (Å²) in [6, 6.07) is 10.2. The smallest absolute Gasteiger partial charge is 0.305 e. The number of amides is 2. The van der Waals surface area contributed by atoms with E-state index in [1.807, 2.05) is 22.8 Å². The number of fused-ring (bicyclic) bond motifs is 1. The first kappa shape index (κ1) is 14.0. The molecule has 0 radical (unpaired) electrons. The highest BCUT2D eigenvalue weighted by atomic mass is 32.2. The molecule has 1 aromatic heterocycles. The maximum absolute atomic E-state index is 12.1. The topological polar surface area (TPSA) is 74.0 Å². The minimum Gasteiger partial charge on any atom is -0.305 e. The largest absolute Gasteiger partial charge is 0.337 e. The molecule has 1 aliphatic rings. The van der Waals surface area contributed by atoms with Crippen LogP contribution in [0.4, 0.5) is 16.3 Å². The van der Waals surface area contributed by atoms with E-state index in [9.17, 15) is 4.79 Å². The fraction of sp³-hybridized carbons (Fsp3) is 0.154. The molecular formula is C13H13N5OS2. The maximum atomic E-state index is 12.1. The molecular weight excluding hydrogens is 306 g/mol. The van der Waals surface area contributed by atoms with E-state index in [4.69, 9.17) is 5.41 Å². The van der Waals surface area contributed by atoms with Crippen molar-refractivity contribution in [2.75, 3.05) is 15.4 Å². The molecule has 3 rings (SSSR count). The average Bonchev–Trinajstić information content (AvgIpc) is 2.96. The van der Waals surface area contributed by atoms with Crippen LogP contribution in [0.2, 0.25) is 0 Å². The van der Waals surface area contributed by atoms with Crippen LogP contribution in [0.1, 0.15) is 0 Å². The van der Waals surface area contributed by atoms with Crippen molar-refractivity contribution < 1.29 is 4.79 Å². The van der Waals surface area contributed by atoms with Gasteiger partial charge in [-0.2, -0.15) is 0 Å². The highest BCUT2D eigenvalue weighted by Gasteiger charge is 2.17. The molecule has 2 N–H and O–H groups in total. The van der Waals surface area contributed by atoms with Gasteiger partial charge in [-0.3, -0.25) is 10.7 Å². The number of thiol groups is 1. The summed E-state index contributed by atoms with van der Waals surface area (Å²) in [7, 11) is 0. The van der Waals surface area contributed by atoms with E-state index in [-0.39, 0.29) is 0 Å². The molecule has 6 nitrogen and oxygen atoms in total. The first-order chi connectivity index (χ1) is 10.1. The van der Waals surface area contributed by atoms with Crippen molar-refractivity contribution >= 4 is 42.1 Å². The zero-order valence-electron chi connectivity index (χ0n) is 11.0. The molecule has 0 bridgehead atoms. The van der Waals surface area contributed by atoms with Crippen LogP contribution in [0, 0.1) is 5.41 Å². The van der Waals surface area contributed by atoms with Crippen molar-refractivity contribution in [2.45, 2.75) is 11.7 Å². The molecule has 0 saturated carbocycles. The quantitative estimate of drug-likeness (QED) is 0.587. The zero-order chi connectivity index (χ0) is 14.8. The van der Waals surface area contributed by atoms with Gasteiger partial charge in [0.15, 0.2) is 5.16 Å². The molecule has 0 spiro atoms. The third-order valence-electron chi connectivity index (χ3n) is 2.99. The van der Waals surface area contributed by atoms with E-state index in [1.54, 1.807) is 30.0 Å². The van der Waals surface area contributed by atoms with Crippen molar-refractivity contribution in [3.05, 3.63) is 41.9 Å². The molecule has 0 aliphatic carbocycles. The minimum atomic E-state index is -0.413. The number of para-hydroxylation sites is 1. The number of hydrogen-bond donors (Lipinski definition) is 3. The van der Waals surface area contributed by atoms with Gasteiger partial charge < -0.3 is 4.57 Å². The SMILES string of the molecule is N=c1cc(NC(=O)N(S)c2ccccc2)nc2n1CCS2. The number of benzene rings is 1. The average molecular weight is 319 g/mol. The van der Waals surface area contributed by atoms with E-state index in [0.29, 0.717) is 17.0 Å². The van der Waals surface area contributed by atoms with Crippen molar-refractivity contribution in [2.24, 2.45) is 0 Å². The molecule has 108 valence electrons. The summed E-state index contributed by atoms with van der Waals surface area (Å²) < 4.78 is 3.02. The lowest BCUT2D eigenvalue weighted by atomic mass is 10.3. The predicted molar refractivity (Wildman–Crippen MR) is 85.7 cm³/mol. The molecule has 2 aromatic rings. The summed E-state index contributed by atoms with van der Waals surface area (Å²) in [5, 5.41) is 11.4. The van der Waals surface area contributed by atoms with Crippen molar-refractivity contribution in [3.63, 3.8) is 0 Å². The molecule has 0 atom stereocenters. The summed E-state index contributed by atoms with van der Waals surface area (Å²) in [6.07, 6.45) is 0. The van der Waals surface area contributed by atoms with Crippen LogP contribution in [0.3, 0.4) is 0 Å². The first-order valence-electron chi connectivity index (χ1n) is 6.29. The van der Waals surface area contributed by atoms with Crippen LogP contribution in [-0.4, -0.2) is 21.3 Å². The molecule has 0 saturated heterocycles. The van der Waals surface area contributed by atoms with Gasteiger partial charge >= 0.3 is 6.03 Å². The van der Waals surface area contributed by atoms with E-state index >= 15 is 0 Å². The second-order valence-electron chi connectivity index (χ2n) is 4.39. The summed E-state index contributed by atoms with van der Waals surface area (Å²) >= 11 is 5.76. The standard InChI is InChI=1S/C13H13N5OS2/c14-10-8-11(16-13-17(10)6-7-21-13)15-12(19)18(20)9-4-2-1-3-5-9/h1-5,8,14,20H,6-7H2,(H,15,19). The van der Waals surface area contributed by atoms with Gasteiger partial charge in [-0.05, 0) is 12.1 Å². The van der Waals surface area contributed by atoms with Gasteiger partial charge in [-0.25, -0.2) is 14.1 Å². The summed E-state index contributed by atoms with van der Waals surface area (Å²) in [6.45, 7) is 0.781. The second-order valence-corrected chi connectivity index (χ2v) is 5.85. The molecule has 1 aliphatic heterocycles. The van der Waals surface area contributed by atoms with E-state index in [0.717, 1.165) is 17.5 Å². The highest BCUT2D eigenvalue weighted by molar-refractivity contribution is 7.99. The van der Waals surface area contributed by atoms with Crippen LogP contribution in [0.5, 0.6) is 0 Å². The zero-order valence-corrected chi connectivity index (χ0v) is 12.7. The maximum Gasteiger partial charge on any atom is 0.337 e. The Balaban J connectivity index is 1.79. The number of hydrogen-bond acceptors (Lipinski definition) is 5. The van der Waals surface area contributed by atoms with Crippen LogP contribution >= 0.6 is 24.6 Å². The number of anilines is 2. The normalized spacial score (nSPS) is 12.8. The van der Waals surface area contributed by atoms with Gasteiger partial charge in [0.25, 0.3) is 0 Å². The lowest BCUT2D eigenvalue weighted by Gasteiger charge is -2.16. The van der Waals surface area contributed by atoms with Gasteiger partial charge in [0.2, 0.25) is 0 Å². The lowest BCUT2D eigenvalue weighted by molar-refractivity contribution is 0.260. The Hall–Kier alpha value is -1.93. The van der Waals surface area contributed by atoms with Gasteiger partial charge in [-0.15, -0.1) is 0 Å². The Morgan fingerprint density at radius 1 is 1.43 bits per heavy atom.